The van der Waals surface area contributed by atoms with Crippen LogP contribution in [0, 0.1) is 5.82 Å². The fraction of sp³-hybridized carbons (Fsp3) is 0.222. The van der Waals surface area contributed by atoms with E-state index in [0.29, 0.717) is 11.3 Å². The normalized spacial score (nSPS) is 20.5. The largest absolute Gasteiger partial charge is 0.482 e. The molecular formula is C9H7FO2. The van der Waals surface area contributed by atoms with Crippen LogP contribution in [0.4, 0.5) is 4.39 Å². The molecule has 3 heteroatoms. The molecule has 1 aliphatic heterocycles. The second-order valence-electron chi connectivity index (χ2n) is 2.76. The maximum atomic E-state index is 12.6. The third-order valence-corrected chi connectivity index (χ3v) is 1.88. The van der Waals surface area contributed by atoms with Crippen molar-refractivity contribution in [2.45, 2.75) is 13.0 Å². The van der Waals surface area contributed by atoms with Gasteiger partial charge in [-0.2, -0.15) is 0 Å². The van der Waals surface area contributed by atoms with Gasteiger partial charge in [0, 0.05) is 6.07 Å². The highest BCUT2D eigenvalue weighted by Gasteiger charge is 2.28. The molecule has 2 rings (SSSR count). The number of carbonyl (C=O) groups excluding carboxylic acids is 1. The molecule has 12 heavy (non-hydrogen) atoms. The molecule has 1 heterocycles. The summed E-state index contributed by atoms with van der Waals surface area (Å²) in [4.78, 5) is 11.3. The molecule has 0 saturated heterocycles. The molecule has 0 spiro atoms. The number of benzene rings is 1. The van der Waals surface area contributed by atoms with Gasteiger partial charge in [0.05, 0.1) is 5.56 Å². The average molecular weight is 166 g/mol. The van der Waals surface area contributed by atoms with Crippen LogP contribution in [0.15, 0.2) is 18.2 Å². The minimum atomic E-state index is -0.471. The Kier molecular flexibility index (Phi) is 1.40. The Morgan fingerprint density at radius 3 is 3.00 bits per heavy atom. The van der Waals surface area contributed by atoms with Gasteiger partial charge in [0.25, 0.3) is 0 Å². The first-order valence-electron chi connectivity index (χ1n) is 3.69. The maximum Gasteiger partial charge on any atom is 0.206 e. The summed E-state index contributed by atoms with van der Waals surface area (Å²) in [5.74, 6) is -0.104. The molecule has 1 unspecified atom stereocenters. The van der Waals surface area contributed by atoms with Crippen molar-refractivity contribution in [3.8, 4) is 5.75 Å². The molecule has 0 fully saturated rings. The average Bonchev–Trinajstić information content (AvgIpc) is 2.28. The first kappa shape index (κ1) is 7.28. The lowest BCUT2D eigenvalue weighted by atomic mass is 10.1. The Morgan fingerprint density at radius 2 is 2.25 bits per heavy atom. The topological polar surface area (TPSA) is 26.3 Å². The summed E-state index contributed by atoms with van der Waals surface area (Å²) in [7, 11) is 0. The maximum absolute atomic E-state index is 12.6. The SMILES string of the molecule is CC1Oc2cc(F)ccc2C1=O. The second-order valence-corrected chi connectivity index (χ2v) is 2.76. The number of ether oxygens (including phenoxy) is 1. The summed E-state index contributed by atoms with van der Waals surface area (Å²) in [5, 5.41) is 0. The molecule has 0 saturated carbocycles. The molecule has 1 atom stereocenters. The van der Waals surface area contributed by atoms with E-state index in [1.54, 1.807) is 6.92 Å². The van der Waals surface area contributed by atoms with Crippen LogP contribution in [0.1, 0.15) is 17.3 Å². The molecule has 0 N–H and O–H groups in total. The van der Waals surface area contributed by atoms with Gasteiger partial charge in [0.15, 0.2) is 6.10 Å². The van der Waals surface area contributed by atoms with E-state index in [9.17, 15) is 9.18 Å². The minimum absolute atomic E-state index is 0.0787. The van der Waals surface area contributed by atoms with Crippen LogP contribution in [0.3, 0.4) is 0 Å². The predicted molar refractivity (Wildman–Crippen MR) is 40.8 cm³/mol. The van der Waals surface area contributed by atoms with Crippen molar-refractivity contribution >= 4 is 5.78 Å². The van der Waals surface area contributed by atoms with Gasteiger partial charge in [-0.15, -0.1) is 0 Å². The van der Waals surface area contributed by atoms with Crippen LogP contribution in [0.25, 0.3) is 0 Å². The quantitative estimate of drug-likeness (QED) is 0.587. The molecule has 0 bridgehead atoms. The fourth-order valence-electron chi connectivity index (χ4n) is 1.26. The van der Waals surface area contributed by atoms with Crippen molar-refractivity contribution < 1.29 is 13.9 Å². The highest BCUT2D eigenvalue weighted by molar-refractivity contribution is 6.04. The first-order valence-corrected chi connectivity index (χ1v) is 3.69. The standard InChI is InChI=1S/C9H7FO2/c1-5-9(11)7-3-2-6(10)4-8(7)12-5/h2-5H,1H3. The van der Waals surface area contributed by atoms with Crippen LogP contribution < -0.4 is 4.74 Å². The Balaban J connectivity index is 2.54. The van der Waals surface area contributed by atoms with Gasteiger partial charge >= 0.3 is 0 Å². The molecule has 1 aliphatic rings. The molecule has 0 aliphatic carbocycles. The molecule has 62 valence electrons. The molecular weight excluding hydrogens is 159 g/mol. The van der Waals surface area contributed by atoms with Crippen molar-refractivity contribution in [2.75, 3.05) is 0 Å². The van der Waals surface area contributed by atoms with E-state index in [4.69, 9.17) is 4.74 Å². The van der Waals surface area contributed by atoms with E-state index < -0.39 is 6.10 Å². The number of halogens is 1. The van der Waals surface area contributed by atoms with Gasteiger partial charge in [0.1, 0.15) is 11.6 Å². The number of rotatable bonds is 0. The Labute approximate surface area is 69.0 Å². The highest BCUT2D eigenvalue weighted by Crippen LogP contribution is 2.28. The third-order valence-electron chi connectivity index (χ3n) is 1.88. The lowest BCUT2D eigenvalue weighted by Crippen LogP contribution is -2.14. The molecule has 2 nitrogen and oxygen atoms in total. The van der Waals surface area contributed by atoms with Gasteiger partial charge < -0.3 is 4.74 Å². The highest BCUT2D eigenvalue weighted by atomic mass is 19.1. The zero-order valence-electron chi connectivity index (χ0n) is 6.50. The van der Waals surface area contributed by atoms with Crippen LogP contribution >= 0.6 is 0 Å². The molecule has 0 amide bonds. The zero-order chi connectivity index (χ0) is 8.72. The van der Waals surface area contributed by atoms with E-state index in [2.05, 4.69) is 0 Å². The van der Waals surface area contributed by atoms with Gasteiger partial charge in [0.2, 0.25) is 5.78 Å². The van der Waals surface area contributed by atoms with E-state index in [-0.39, 0.29) is 11.6 Å². The third kappa shape index (κ3) is 0.897. The zero-order valence-corrected chi connectivity index (χ0v) is 6.50. The number of ketones is 1. The van der Waals surface area contributed by atoms with Gasteiger partial charge in [-0.3, -0.25) is 4.79 Å². The number of Topliss-reactive ketones (excluding diaryl/α,β-unsaturated/α-hetero) is 1. The van der Waals surface area contributed by atoms with Crippen LogP contribution in [-0.4, -0.2) is 11.9 Å². The molecule has 1 aromatic carbocycles. The fourth-order valence-corrected chi connectivity index (χ4v) is 1.26. The van der Waals surface area contributed by atoms with Crippen molar-refractivity contribution in [1.82, 2.24) is 0 Å². The van der Waals surface area contributed by atoms with Gasteiger partial charge in [-0.25, -0.2) is 4.39 Å². The molecule has 1 aromatic rings. The smallest absolute Gasteiger partial charge is 0.206 e. The van der Waals surface area contributed by atoms with E-state index in [1.807, 2.05) is 0 Å². The molecule has 0 aromatic heterocycles. The molecule has 0 radical (unpaired) electrons. The predicted octanol–water partition coefficient (Wildman–Crippen LogP) is 1.79. The van der Waals surface area contributed by atoms with Crippen molar-refractivity contribution in [3.63, 3.8) is 0 Å². The Bertz CT molecular complexity index is 346. The number of hydrogen-bond donors (Lipinski definition) is 0. The summed E-state index contributed by atoms with van der Waals surface area (Å²) in [6.07, 6.45) is -0.471. The van der Waals surface area contributed by atoms with Crippen molar-refractivity contribution in [3.05, 3.63) is 29.6 Å². The van der Waals surface area contributed by atoms with Gasteiger partial charge in [-0.1, -0.05) is 0 Å². The van der Waals surface area contributed by atoms with Crippen LogP contribution in [-0.2, 0) is 0 Å². The van der Waals surface area contributed by atoms with Crippen molar-refractivity contribution in [1.29, 1.82) is 0 Å². The lowest BCUT2D eigenvalue weighted by Gasteiger charge is -1.99. The summed E-state index contributed by atoms with van der Waals surface area (Å²) < 4.78 is 17.7. The summed E-state index contributed by atoms with van der Waals surface area (Å²) in [5.41, 5.74) is 0.476. The van der Waals surface area contributed by atoms with Crippen molar-refractivity contribution in [2.24, 2.45) is 0 Å². The van der Waals surface area contributed by atoms with E-state index in [0.717, 1.165) is 0 Å². The number of hydrogen-bond acceptors (Lipinski definition) is 2. The Hall–Kier alpha value is -1.38. The first-order chi connectivity index (χ1) is 5.68. The van der Waals surface area contributed by atoms with E-state index in [1.165, 1.54) is 18.2 Å². The summed E-state index contributed by atoms with van der Waals surface area (Å²) >= 11 is 0. The minimum Gasteiger partial charge on any atom is -0.482 e. The number of carbonyl (C=O) groups is 1. The van der Waals surface area contributed by atoms with Crippen LogP contribution in [0.5, 0.6) is 5.75 Å². The van der Waals surface area contributed by atoms with Crippen LogP contribution in [0.2, 0.25) is 0 Å². The summed E-state index contributed by atoms with van der Waals surface area (Å²) in [6, 6.07) is 3.95. The number of fused-ring (bicyclic) bond motifs is 1. The lowest BCUT2D eigenvalue weighted by molar-refractivity contribution is 0.0878. The van der Waals surface area contributed by atoms with E-state index >= 15 is 0 Å². The summed E-state index contributed by atoms with van der Waals surface area (Å²) in [6.45, 7) is 1.65. The Morgan fingerprint density at radius 1 is 1.50 bits per heavy atom. The monoisotopic (exact) mass is 166 g/mol. The van der Waals surface area contributed by atoms with Gasteiger partial charge in [-0.05, 0) is 19.1 Å². The second kappa shape index (κ2) is 2.30.